The van der Waals surface area contributed by atoms with E-state index in [0.29, 0.717) is 12.5 Å². The van der Waals surface area contributed by atoms with Crippen LogP contribution < -0.4 is 5.73 Å². The zero-order valence-corrected chi connectivity index (χ0v) is 11.8. The number of carbonyl (C=O) groups excluding carboxylic acids is 1. The topological polar surface area (TPSA) is 72.5 Å². The van der Waals surface area contributed by atoms with E-state index in [2.05, 4.69) is 12.1 Å². The van der Waals surface area contributed by atoms with E-state index in [0.717, 1.165) is 5.75 Å². The van der Waals surface area contributed by atoms with Crippen LogP contribution in [-0.4, -0.2) is 23.0 Å². The van der Waals surface area contributed by atoms with Gasteiger partial charge in [-0.1, -0.05) is 34.6 Å². The molecule has 0 radical (unpaired) electrons. The monoisotopic (exact) mass is 248 g/mol. The Balaban J connectivity index is 0. The molecule has 0 aromatic carbocycles. The van der Waals surface area contributed by atoms with Crippen molar-refractivity contribution in [2.75, 3.05) is 12.3 Å². The molecule has 1 atom stereocenters. The van der Waals surface area contributed by atoms with Gasteiger partial charge in [0.25, 0.3) is 5.91 Å². The first-order valence-corrected chi connectivity index (χ1v) is 6.60. The summed E-state index contributed by atoms with van der Waals surface area (Å²) in [6.45, 7) is 10.6. The third-order valence-electron chi connectivity index (χ3n) is 1.84. The Morgan fingerprint density at radius 1 is 1.44 bits per heavy atom. The van der Waals surface area contributed by atoms with Gasteiger partial charge in [-0.25, -0.2) is 0 Å². The number of carbonyl (C=O) groups is 1. The lowest BCUT2D eigenvalue weighted by atomic mass is 10.1. The van der Waals surface area contributed by atoms with Gasteiger partial charge < -0.3 is 5.73 Å². The van der Waals surface area contributed by atoms with Crippen molar-refractivity contribution in [1.29, 1.82) is 0 Å². The number of hydrogen-bond acceptors (Lipinski definition) is 4. The molecule has 0 rings (SSSR count). The van der Waals surface area contributed by atoms with E-state index < -0.39 is 5.91 Å². The van der Waals surface area contributed by atoms with Crippen LogP contribution >= 0.6 is 11.8 Å². The number of nitrogens with two attached hydrogens (primary N) is 1. The van der Waals surface area contributed by atoms with Crippen LogP contribution in [0, 0.1) is 10.8 Å². The maximum absolute atomic E-state index is 10.8. The zero-order chi connectivity index (χ0) is 13.2. The molecule has 1 amide bonds. The van der Waals surface area contributed by atoms with Crippen molar-refractivity contribution in [3.63, 3.8) is 0 Å². The van der Waals surface area contributed by atoms with Gasteiger partial charge in [-0.2, -0.15) is 11.8 Å². The summed E-state index contributed by atoms with van der Waals surface area (Å²) in [5.74, 6) is 0.747. The van der Waals surface area contributed by atoms with Crippen LogP contribution in [0.25, 0.3) is 0 Å². The molecule has 0 bridgehead atoms. The minimum atomic E-state index is -0.581. The molecule has 96 valence electrons. The lowest BCUT2D eigenvalue weighted by Crippen LogP contribution is -2.22. The Morgan fingerprint density at radius 2 is 1.94 bits per heavy atom. The van der Waals surface area contributed by atoms with E-state index >= 15 is 0 Å². The SMILES string of the molecule is CC.CC(CN)CSC(C)(C)CC(=O)N=O. The molecule has 0 aromatic heterocycles. The van der Waals surface area contributed by atoms with Crippen LogP contribution in [0.5, 0.6) is 0 Å². The van der Waals surface area contributed by atoms with Gasteiger partial charge in [-0.15, -0.1) is 4.91 Å². The van der Waals surface area contributed by atoms with Crippen molar-refractivity contribution in [2.24, 2.45) is 16.8 Å². The first-order valence-electron chi connectivity index (χ1n) is 5.61. The molecule has 0 aliphatic rings. The summed E-state index contributed by atoms with van der Waals surface area (Å²) in [7, 11) is 0. The van der Waals surface area contributed by atoms with E-state index in [9.17, 15) is 9.70 Å². The Morgan fingerprint density at radius 3 is 2.31 bits per heavy atom. The molecular weight excluding hydrogens is 224 g/mol. The van der Waals surface area contributed by atoms with Crippen molar-refractivity contribution in [2.45, 2.75) is 45.8 Å². The highest BCUT2D eigenvalue weighted by Gasteiger charge is 2.23. The van der Waals surface area contributed by atoms with Gasteiger partial charge in [0.15, 0.2) is 0 Å². The fraction of sp³-hybridized carbons (Fsp3) is 0.909. The van der Waals surface area contributed by atoms with Gasteiger partial charge in [0.2, 0.25) is 0 Å². The molecule has 0 saturated carbocycles. The van der Waals surface area contributed by atoms with Crippen LogP contribution in [0.1, 0.15) is 41.0 Å². The van der Waals surface area contributed by atoms with Crippen LogP contribution in [0.15, 0.2) is 5.18 Å². The summed E-state index contributed by atoms with van der Waals surface area (Å²) in [4.78, 5) is 20.8. The van der Waals surface area contributed by atoms with Gasteiger partial charge in [0, 0.05) is 16.3 Å². The number of rotatable bonds is 6. The highest BCUT2D eigenvalue weighted by Crippen LogP contribution is 2.29. The second kappa shape index (κ2) is 9.78. The molecule has 4 nitrogen and oxygen atoms in total. The normalized spacial score (nSPS) is 12.4. The van der Waals surface area contributed by atoms with E-state index in [4.69, 9.17) is 5.73 Å². The molecule has 0 aliphatic carbocycles. The molecule has 0 heterocycles. The van der Waals surface area contributed by atoms with Gasteiger partial charge in [-0.3, -0.25) is 4.79 Å². The molecule has 0 spiro atoms. The summed E-state index contributed by atoms with van der Waals surface area (Å²) in [5.41, 5.74) is 5.48. The van der Waals surface area contributed by atoms with Crippen molar-refractivity contribution in [1.82, 2.24) is 0 Å². The predicted molar refractivity (Wildman–Crippen MR) is 71.5 cm³/mol. The molecule has 1 unspecified atom stereocenters. The minimum Gasteiger partial charge on any atom is -0.330 e. The quantitative estimate of drug-likeness (QED) is 0.734. The van der Waals surface area contributed by atoms with Gasteiger partial charge in [-0.05, 0) is 18.2 Å². The highest BCUT2D eigenvalue weighted by molar-refractivity contribution is 8.00. The Hall–Kier alpha value is -0.420. The first kappa shape index (κ1) is 18.0. The zero-order valence-electron chi connectivity index (χ0n) is 10.9. The standard InChI is InChI=1S/C9H18N2O2S.C2H6/c1-7(5-10)6-14-9(2,3)4-8(12)11-13;1-2/h7H,4-6,10H2,1-3H3;1-2H3. The second-order valence-corrected chi connectivity index (χ2v) is 5.80. The maximum atomic E-state index is 10.8. The van der Waals surface area contributed by atoms with Gasteiger partial charge >= 0.3 is 0 Å². The number of amides is 1. The minimum absolute atomic E-state index is 0.193. The molecular formula is C11H24N2O2S. The Kier molecular flexibility index (Phi) is 11.0. The lowest BCUT2D eigenvalue weighted by molar-refractivity contribution is -0.118. The van der Waals surface area contributed by atoms with E-state index in [1.807, 2.05) is 27.7 Å². The summed E-state index contributed by atoms with van der Waals surface area (Å²) >= 11 is 1.66. The average Bonchev–Trinajstić information content (AvgIpc) is 2.28. The van der Waals surface area contributed by atoms with Crippen LogP contribution in [0.3, 0.4) is 0 Å². The summed E-state index contributed by atoms with van der Waals surface area (Å²) in [5, 5.41) is 2.39. The summed E-state index contributed by atoms with van der Waals surface area (Å²) in [6, 6.07) is 0. The Labute approximate surface area is 103 Å². The smallest absolute Gasteiger partial charge is 0.287 e. The molecule has 5 heteroatoms. The average molecular weight is 248 g/mol. The van der Waals surface area contributed by atoms with E-state index in [1.165, 1.54) is 0 Å². The van der Waals surface area contributed by atoms with Crippen LogP contribution in [0.2, 0.25) is 0 Å². The van der Waals surface area contributed by atoms with Crippen molar-refractivity contribution in [3.05, 3.63) is 4.91 Å². The molecule has 2 N–H and O–H groups in total. The van der Waals surface area contributed by atoms with Gasteiger partial charge in [0.1, 0.15) is 0 Å². The fourth-order valence-corrected chi connectivity index (χ4v) is 1.98. The maximum Gasteiger partial charge on any atom is 0.287 e. The first-order chi connectivity index (χ1) is 7.41. The van der Waals surface area contributed by atoms with Crippen LogP contribution in [0.4, 0.5) is 0 Å². The Bertz CT molecular complexity index is 208. The summed E-state index contributed by atoms with van der Waals surface area (Å²) in [6.07, 6.45) is 0.193. The van der Waals surface area contributed by atoms with Gasteiger partial charge in [0.05, 0.1) is 0 Å². The molecule has 0 aromatic rings. The molecule has 0 aliphatic heterocycles. The highest BCUT2D eigenvalue weighted by atomic mass is 32.2. The molecule has 0 fully saturated rings. The largest absolute Gasteiger partial charge is 0.330 e. The van der Waals surface area contributed by atoms with Crippen LogP contribution in [-0.2, 0) is 4.79 Å². The second-order valence-electron chi connectivity index (χ2n) is 4.07. The third-order valence-corrected chi connectivity index (χ3v) is 3.50. The number of nitroso groups, excluding NO2 is 1. The fourth-order valence-electron chi connectivity index (χ4n) is 0.883. The number of hydrogen-bond donors (Lipinski definition) is 1. The van der Waals surface area contributed by atoms with E-state index in [-0.39, 0.29) is 11.2 Å². The third kappa shape index (κ3) is 10.1. The predicted octanol–water partition coefficient (Wildman–Crippen LogP) is 2.80. The van der Waals surface area contributed by atoms with Crippen molar-refractivity contribution >= 4 is 17.7 Å². The number of nitrogens with zero attached hydrogens (tertiary/aromatic N) is 1. The van der Waals surface area contributed by atoms with Crippen molar-refractivity contribution < 1.29 is 4.79 Å². The lowest BCUT2D eigenvalue weighted by Gasteiger charge is -2.23. The number of thioether (sulfide) groups is 1. The molecule has 16 heavy (non-hydrogen) atoms. The molecule has 0 saturated heterocycles. The summed E-state index contributed by atoms with van der Waals surface area (Å²) < 4.78 is -0.228. The van der Waals surface area contributed by atoms with Crippen molar-refractivity contribution in [3.8, 4) is 0 Å². The van der Waals surface area contributed by atoms with E-state index in [1.54, 1.807) is 11.8 Å².